The fourth-order valence-electron chi connectivity index (χ4n) is 1.39. The Bertz CT molecular complexity index is 345. The van der Waals surface area contributed by atoms with Gasteiger partial charge in [0.1, 0.15) is 5.82 Å². The number of anilines is 1. The number of carbonyl (C=O) groups is 1. The Morgan fingerprint density at radius 1 is 1.47 bits per heavy atom. The second kappa shape index (κ2) is 4.77. The van der Waals surface area contributed by atoms with Gasteiger partial charge in [-0.05, 0) is 24.6 Å². The van der Waals surface area contributed by atoms with Crippen molar-refractivity contribution in [3.63, 3.8) is 0 Å². The fraction of sp³-hybridized carbons (Fsp3) is 0.364. The smallest absolute Gasteiger partial charge is 0.253 e. The number of nitrogens with two attached hydrogens (primary N) is 1. The number of hydrogen-bond donors (Lipinski definition) is 1. The molecule has 4 heteroatoms. The third-order valence-corrected chi connectivity index (χ3v) is 2.07. The lowest BCUT2D eigenvalue weighted by Crippen LogP contribution is -2.27. The van der Waals surface area contributed by atoms with E-state index in [2.05, 4.69) is 0 Å². The topological polar surface area (TPSA) is 46.3 Å². The van der Waals surface area contributed by atoms with Crippen molar-refractivity contribution in [3.05, 3.63) is 29.6 Å². The van der Waals surface area contributed by atoms with E-state index in [0.29, 0.717) is 12.1 Å². The minimum Gasteiger partial charge on any atom is -0.399 e. The summed E-state index contributed by atoms with van der Waals surface area (Å²) >= 11 is 0. The van der Waals surface area contributed by atoms with Crippen molar-refractivity contribution < 1.29 is 9.18 Å². The summed E-state index contributed by atoms with van der Waals surface area (Å²) < 4.78 is 13.0. The van der Waals surface area contributed by atoms with Crippen LogP contribution in [0.3, 0.4) is 0 Å². The van der Waals surface area contributed by atoms with Crippen molar-refractivity contribution in [1.82, 2.24) is 4.90 Å². The zero-order chi connectivity index (χ0) is 11.4. The van der Waals surface area contributed by atoms with Crippen LogP contribution in [0, 0.1) is 5.82 Å². The highest BCUT2D eigenvalue weighted by atomic mass is 19.1. The molecule has 0 spiro atoms. The SMILES string of the molecule is CCCN(C)C(=O)c1cc(N)cc(F)c1. The molecular weight excluding hydrogens is 195 g/mol. The Morgan fingerprint density at radius 3 is 2.67 bits per heavy atom. The molecule has 0 aliphatic rings. The van der Waals surface area contributed by atoms with Crippen LogP contribution in [-0.4, -0.2) is 24.4 Å². The Kier molecular flexibility index (Phi) is 3.66. The van der Waals surface area contributed by atoms with Crippen molar-refractivity contribution in [2.45, 2.75) is 13.3 Å². The molecule has 0 aromatic heterocycles. The first-order chi connectivity index (χ1) is 7.04. The molecule has 1 rings (SSSR count). The van der Waals surface area contributed by atoms with E-state index in [-0.39, 0.29) is 11.6 Å². The molecule has 0 aliphatic heterocycles. The van der Waals surface area contributed by atoms with Gasteiger partial charge in [0.2, 0.25) is 0 Å². The zero-order valence-electron chi connectivity index (χ0n) is 8.96. The van der Waals surface area contributed by atoms with Crippen LogP contribution in [-0.2, 0) is 0 Å². The predicted molar refractivity (Wildman–Crippen MR) is 58.1 cm³/mol. The summed E-state index contributed by atoms with van der Waals surface area (Å²) in [5.74, 6) is -0.689. The number of carbonyl (C=O) groups excluding carboxylic acids is 1. The van der Waals surface area contributed by atoms with Crippen LogP contribution in [0.15, 0.2) is 18.2 Å². The van der Waals surface area contributed by atoms with Crippen molar-refractivity contribution in [2.75, 3.05) is 19.3 Å². The lowest BCUT2D eigenvalue weighted by Gasteiger charge is -2.16. The summed E-state index contributed by atoms with van der Waals surface area (Å²) in [6.07, 6.45) is 0.868. The maximum atomic E-state index is 13.0. The highest BCUT2D eigenvalue weighted by Crippen LogP contribution is 2.12. The molecule has 15 heavy (non-hydrogen) atoms. The van der Waals surface area contributed by atoms with Crippen LogP contribution in [0.4, 0.5) is 10.1 Å². The van der Waals surface area contributed by atoms with Crippen molar-refractivity contribution in [3.8, 4) is 0 Å². The number of nitrogens with zero attached hydrogens (tertiary/aromatic N) is 1. The van der Waals surface area contributed by atoms with Gasteiger partial charge in [-0.1, -0.05) is 6.92 Å². The first kappa shape index (κ1) is 11.5. The zero-order valence-corrected chi connectivity index (χ0v) is 8.96. The molecule has 82 valence electrons. The van der Waals surface area contributed by atoms with Gasteiger partial charge in [-0.2, -0.15) is 0 Å². The van der Waals surface area contributed by atoms with Gasteiger partial charge in [0.05, 0.1) is 0 Å². The molecule has 0 fully saturated rings. The van der Waals surface area contributed by atoms with Crippen LogP contribution in [0.2, 0.25) is 0 Å². The van der Waals surface area contributed by atoms with Crippen LogP contribution in [0.1, 0.15) is 23.7 Å². The van der Waals surface area contributed by atoms with Crippen molar-refractivity contribution in [2.24, 2.45) is 0 Å². The standard InChI is InChI=1S/C11H15FN2O/c1-3-4-14(2)11(15)8-5-9(12)7-10(13)6-8/h5-7H,3-4,13H2,1-2H3. The molecule has 0 saturated heterocycles. The summed E-state index contributed by atoms with van der Waals surface area (Å²) in [5.41, 5.74) is 6.02. The second-order valence-electron chi connectivity index (χ2n) is 3.50. The first-order valence-corrected chi connectivity index (χ1v) is 4.86. The van der Waals surface area contributed by atoms with Crippen molar-refractivity contribution >= 4 is 11.6 Å². The van der Waals surface area contributed by atoms with E-state index in [1.165, 1.54) is 18.2 Å². The average molecular weight is 210 g/mol. The molecule has 3 nitrogen and oxygen atoms in total. The number of nitrogen functional groups attached to an aromatic ring is 1. The Morgan fingerprint density at radius 2 is 2.13 bits per heavy atom. The minimum absolute atomic E-state index is 0.206. The Labute approximate surface area is 88.7 Å². The number of hydrogen-bond acceptors (Lipinski definition) is 2. The van der Waals surface area contributed by atoms with Gasteiger partial charge >= 0.3 is 0 Å². The minimum atomic E-state index is -0.483. The number of halogens is 1. The largest absolute Gasteiger partial charge is 0.399 e. The second-order valence-corrected chi connectivity index (χ2v) is 3.50. The fourth-order valence-corrected chi connectivity index (χ4v) is 1.39. The van der Waals surface area contributed by atoms with Gasteiger partial charge in [-0.3, -0.25) is 4.79 Å². The van der Waals surface area contributed by atoms with E-state index in [4.69, 9.17) is 5.73 Å². The first-order valence-electron chi connectivity index (χ1n) is 4.86. The molecule has 0 bridgehead atoms. The van der Waals surface area contributed by atoms with E-state index in [0.717, 1.165) is 6.42 Å². The molecule has 0 radical (unpaired) electrons. The van der Waals surface area contributed by atoms with Gasteiger partial charge in [0, 0.05) is 24.8 Å². The maximum Gasteiger partial charge on any atom is 0.253 e. The molecule has 1 aromatic carbocycles. The molecule has 2 N–H and O–H groups in total. The number of amides is 1. The van der Waals surface area contributed by atoms with E-state index in [9.17, 15) is 9.18 Å². The van der Waals surface area contributed by atoms with E-state index in [1.807, 2.05) is 6.92 Å². The quantitative estimate of drug-likeness (QED) is 0.774. The lowest BCUT2D eigenvalue weighted by molar-refractivity contribution is 0.0794. The summed E-state index contributed by atoms with van der Waals surface area (Å²) in [7, 11) is 1.69. The van der Waals surface area contributed by atoms with Crippen LogP contribution >= 0.6 is 0 Å². The molecule has 0 unspecified atom stereocenters. The Balaban J connectivity index is 2.90. The number of benzene rings is 1. The van der Waals surface area contributed by atoms with Crippen LogP contribution in [0.5, 0.6) is 0 Å². The van der Waals surface area contributed by atoms with Crippen LogP contribution in [0.25, 0.3) is 0 Å². The third-order valence-electron chi connectivity index (χ3n) is 2.07. The molecule has 1 aromatic rings. The monoisotopic (exact) mass is 210 g/mol. The molecule has 0 aliphatic carbocycles. The van der Waals surface area contributed by atoms with Crippen LogP contribution < -0.4 is 5.73 Å². The van der Waals surface area contributed by atoms with Crippen molar-refractivity contribution in [1.29, 1.82) is 0 Å². The van der Waals surface area contributed by atoms with E-state index < -0.39 is 5.82 Å². The van der Waals surface area contributed by atoms with E-state index >= 15 is 0 Å². The highest BCUT2D eigenvalue weighted by molar-refractivity contribution is 5.94. The molecule has 1 amide bonds. The predicted octanol–water partition coefficient (Wildman–Crippen LogP) is 1.89. The molecular formula is C11H15FN2O. The highest BCUT2D eigenvalue weighted by Gasteiger charge is 2.12. The third kappa shape index (κ3) is 2.94. The van der Waals surface area contributed by atoms with Gasteiger partial charge in [-0.25, -0.2) is 4.39 Å². The summed E-state index contributed by atoms with van der Waals surface area (Å²) in [6.45, 7) is 2.62. The summed E-state index contributed by atoms with van der Waals surface area (Å²) in [5, 5.41) is 0. The lowest BCUT2D eigenvalue weighted by atomic mass is 10.1. The normalized spacial score (nSPS) is 10.1. The van der Waals surface area contributed by atoms with E-state index in [1.54, 1.807) is 11.9 Å². The summed E-state index contributed by atoms with van der Waals surface area (Å²) in [4.78, 5) is 13.3. The van der Waals surface area contributed by atoms with Gasteiger partial charge in [0.25, 0.3) is 5.91 Å². The number of rotatable bonds is 3. The summed E-state index contributed by atoms with van der Waals surface area (Å²) in [6, 6.07) is 3.87. The van der Waals surface area contributed by atoms with Gasteiger partial charge < -0.3 is 10.6 Å². The Hall–Kier alpha value is -1.58. The molecule has 0 saturated carbocycles. The maximum absolute atomic E-state index is 13.0. The molecule has 0 heterocycles. The van der Waals surface area contributed by atoms with Gasteiger partial charge in [0.15, 0.2) is 0 Å². The average Bonchev–Trinajstić information content (AvgIpc) is 2.15. The molecule has 0 atom stereocenters. The van der Waals surface area contributed by atoms with Gasteiger partial charge in [-0.15, -0.1) is 0 Å².